The third kappa shape index (κ3) is 9.05. The molecule has 0 N–H and O–H groups in total. The van der Waals surface area contributed by atoms with Crippen molar-refractivity contribution < 1.29 is 27.3 Å². The summed E-state index contributed by atoms with van der Waals surface area (Å²) in [4.78, 5) is 0.953. The lowest BCUT2D eigenvalue weighted by Gasteiger charge is -2.26. The fraction of sp³-hybridized carbons (Fsp3) is 0.750. The van der Waals surface area contributed by atoms with E-state index in [1.54, 1.807) is 0 Å². The fourth-order valence-corrected chi connectivity index (χ4v) is 14.5. The first kappa shape index (κ1) is 35.1. The van der Waals surface area contributed by atoms with Gasteiger partial charge in [-0.05, 0) is 106 Å². The second-order valence-corrected chi connectivity index (χ2v) is 17.3. The molecule has 0 aliphatic heterocycles. The average molecular weight is 619 g/mol. The van der Waals surface area contributed by atoms with Crippen LogP contribution in [0.4, 0.5) is 0 Å². The third-order valence-electron chi connectivity index (χ3n) is 4.94. The fourth-order valence-electron chi connectivity index (χ4n) is 3.58. The highest BCUT2D eigenvalue weighted by molar-refractivity contribution is 7.99. The van der Waals surface area contributed by atoms with Gasteiger partial charge in [-0.15, -0.1) is 0 Å². The Labute approximate surface area is 237 Å². The van der Waals surface area contributed by atoms with Crippen LogP contribution in [0.2, 0.25) is 0 Å². The van der Waals surface area contributed by atoms with Crippen molar-refractivity contribution >= 4 is 67.1 Å². The Morgan fingerprint density at radius 2 is 0.417 bits per heavy atom. The summed E-state index contributed by atoms with van der Waals surface area (Å²) in [5, 5.41) is 0. The van der Waals surface area contributed by atoms with Crippen molar-refractivity contribution in [2.75, 3.05) is 34.5 Å². The maximum absolute atomic E-state index is 13.7. The van der Waals surface area contributed by atoms with Crippen LogP contribution < -0.4 is 0 Å². The molecule has 0 amide bonds. The third-order valence-corrected chi connectivity index (χ3v) is 15.6. The van der Waals surface area contributed by atoms with Gasteiger partial charge in [0.25, 0.3) is 29.4 Å². The minimum Gasteiger partial charge on any atom is -0.611 e. The van der Waals surface area contributed by atoms with Gasteiger partial charge in [-0.2, -0.15) is 0 Å². The van der Waals surface area contributed by atoms with Crippen LogP contribution in [0.5, 0.6) is 0 Å². The first-order valence-corrected chi connectivity index (χ1v) is 20.6. The lowest BCUT2D eigenvalue weighted by Crippen LogP contribution is -2.30. The summed E-state index contributed by atoms with van der Waals surface area (Å²) in [6.07, 6.45) is 3.40. The molecule has 0 saturated carbocycles. The van der Waals surface area contributed by atoms with Crippen LogP contribution in [0.1, 0.15) is 80.1 Å². The summed E-state index contributed by atoms with van der Waals surface area (Å²) in [6.45, 7) is 11.3. The van der Waals surface area contributed by atoms with Crippen LogP contribution in [0.25, 0.3) is 0 Å². The largest absolute Gasteiger partial charge is 0.611 e. The summed E-state index contributed by atoms with van der Waals surface area (Å²) in [7, 11) is 0. The topological polar surface area (TPSA) is 138 Å². The summed E-state index contributed by atoms with van der Waals surface area (Å²) in [5.41, 5.74) is 0. The van der Waals surface area contributed by atoms with Crippen LogP contribution in [0, 0.1) is 0 Å². The van der Waals surface area contributed by atoms with E-state index < -0.39 is 67.1 Å². The molecule has 0 radical (unpaired) electrons. The predicted molar refractivity (Wildman–Crippen MR) is 156 cm³/mol. The Morgan fingerprint density at radius 3 is 0.500 bits per heavy atom. The van der Waals surface area contributed by atoms with Crippen molar-refractivity contribution in [2.24, 2.45) is 0 Å². The van der Waals surface area contributed by atoms with Gasteiger partial charge < -0.3 is 27.3 Å². The average Bonchev–Trinajstić information content (AvgIpc) is 2.82. The first-order chi connectivity index (χ1) is 17.2. The molecule has 6 atom stereocenters. The van der Waals surface area contributed by atoms with E-state index in [1.807, 2.05) is 41.5 Å². The molecule has 12 heteroatoms. The summed E-state index contributed by atoms with van der Waals surface area (Å²) >= 11 is -10.2. The van der Waals surface area contributed by atoms with Crippen molar-refractivity contribution in [3.63, 3.8) is 0 Å². The van der Waals surface area contributed by atoms with E-state index in [4.69, 9.17) is 0 Å². The molecule has 36 heavy (non-hydrogen) atoms. The maximum Gasteiger partial charge on any atom is 0.273 e. The van der Waals surface area contributed by atoms with Gasteiger partial charge in [-0.3, -0.25) is 0 Å². The lowest BCUT2D eigenvalue weighted by atomic mass is 10.3. The number of benzene rings is 1. The van der Waals surface area contributed by atoms with Crippen LogP contribution in [-0.4, -0.2) is 61.8 Å². The molecule has 6 nitrogen and oxygen atoms in total. The Kier molecular flexibility index (Phi) is 18.0. The summed E-state index contributed by atoms with van der Waals surface area (Å²) < 4.78 is 82.5. The molecule has 1 aromatic rings. The molecule has 0 heterocycles. The Balaban J connectivity index is 4.46. The molecule has 1 aromatic carbocycles. The molecule has 0 aliphatic rings. The second kappa shape index (κ2) is 18.4. The van der Waals surface area contributed by atoms with Gasteiger partial charge in [0, 0.05) is 0 Å². The standard InChI is InChI=1S/C24H42O6S6/c1-7-13-31(25)19-20(32(26)14-8-2)22(34(28)16-10-4)24(36(30)18-12-6)23(35(29)17-11-5)21(19)33(27)15-9-3/h7-18H2,1-6H3. The molecule has 0 fully saturated rings. The van der Waals surface area contributed by atoms with Crippen molar-refractivity contribution in [2.45, 2.75) is 109 Å². The Morgan fingerprint density at radius 1 is 0.306 bits per heavy atom. The molecule has 0 aromatic heterocycles. The van der Waals surface area contributed by atoms with Crippen molar-refractivity contribution in [1.29, 1.82) is 0 Å². The Bertz CT molecular complexity index is 603. The van der Waals surface area contributed by atoms with Gasteiger partial charge in [-0.1, -0.05) is 41.5 Å². The monoisotopic (exact) mass is 618 g/mol. The maximum atomic E-state index is 13.7. The van der Waals surface area contributed by atoms with E-state index >= 15 is 0 Å². The quantitative estimate of drug-likeness (QED) is 0.217. The van der Waals surface area contributed by atoms with Gasteiger partial charge in [-0.25, -0.2) is 0 Å². The highest BCUT2D eigenvalue weighted by Crippen LogP contribution is 2.46. The van der Waals surface area contributed by atoms with E-state index in [2.05, 4.69) is 0 Å². The number of rotatable bonds is 18. The molecular formula is C24H42O6S6. The normalized spacial score (nSPS) is 17.0. The van der Waals surface area contributed by atoms with E-state index in [0.29, 0.717) is 38.5 Å². The van der Waals surface area contributed by atoms with Gasteiger partial charge in [0.15, 0.2) is 0 Å². The zero-order valence-electron chi connectivity index (χ0n) is 22.4. The van der Waals surface area contributed by atoms with Crippen molar-refractivity contribution in [3.8, 4) is 0 Å². The van der Waals surface area contributed by atoms with Crippen LogP contribution in [0.15, 0.2) is 29.4 Å². The van der Waals surface area contributed by atoms with E-state index in [0.717, 1.165) is 0 Å². The second-order valence-electron chi connectivity index (χ2n) is 8.27. The molecule has 0 saturated heterocycles. The van der Waals surface area contributed by atoms with Gasteiger partial charge in [0.1, 0.15) is 34.5 Å². The SMILES string of the molecule is CCC[S+]([O-])c1c([S+]([O-])CCC)c([S+]([O-])CCC)c([S+]([O-])CCC)c([S+]([O-])CCC)c1[S+]([O-])CCC. The molecule has 6 unspecified atom stereocenters. The van der Waals surface area contributed by atoms with Gasteiger partial charge >= 0.3 is 0 Å². The van der Waals surface area contributed by atoms with Crippen LogP contribution in [0.3, 0.4) is 0 Å². The highest BCUT2D eigenvalue weighted by Gasteiger charge is 2.52. The van der Waals surface area contributed by atoms with E-state index in [9.17, 15) is 27.3 Å². The smallest absolute Gasteiger partial charge is 0.273 e. The summed E-state index contributed by atoms with van der Waals surface area (Å²) in [6, 6.07) is 0. The van der Waals surface area contributed by atoms with Crippen molar-refractivity contribution in [3.05, 3.63) is 0 Å². The zero-order chi connectivity index (χ0) is 27.4. The summed E-state index contributed by atoms with van der Waals surface area (Å²) in [5.74, 6) is 1.44. The molecule has 210 valence electrons. The zero-order valence-corrected chi connectivity index (χ0v) is 27.3. The van der Waals surface area contributed by atoms with Crippen molar-refractivity contribution in [1.82, 2.24) is 0 Å². The van der Waals surface area contributed by atoms with Crippen LogP contribution in [-0.2, 0) is 67.1 Å². The Hall–Kier alpha value is 1.08. The van der Waals surface area contributed by atoms with E-state index in [-0.39, 0.29) is 63.9 Å². The number of hydrogen-bond acceptors (Lipinski definition) is 6. The molecule has 0 aliphatic carbocycles. The first-order valence-electron chi connectivity index (χ1n) is 12.7. The molecular weight excluding hydrogens is 577 g/mol. The van der Waals surface area contributed by atoms with Gasteiger partial charge in [0.2, 0.25) is 0 Å². The highest BCUT2D eigenvalue weighted by atomic mass is 32.2. The number of hydrogen-bond donors (Lipinski definition) is 0. The molecule has 1 rings (SSSR count). The minimum atomic E-state index is -1.70. The van der Waals surface area contributed by atoms with E-state index in [1.165, 1.54) is 0 Å². The predicted octanol–water partition coefficient (Wildman–Crippen LogP) is 4.79. The van der Waals surface area contributed by atoms with Crippen LogP contribution >= 0.6 is 0 Å². The molecule has 0 spiro atoms. The van der Waals surface area contributed by atoms with Gasteiger partial charge in [0.05, 0.1) is 0 Å². The molecule has 0 bridgehead atoms. The minimum absolute atomic E-state index is 0.159. The lowest BCUT2D eigenvalue weighted by molar-refractivity contribution is 0.538.